The standard InChI is InChI=1S/C32H18S8/c1-2-8-22-21(7-1)35-29(36-22)17-19-13-15-27(33-19)31(32-39-25-11-5-6-12-26(25)40-32)28-16-14-20(34-28)18-30-37-23-9-3-4-10-24(23)38-30/h1-18H. The SMILES string of the molecule is C(=C1Sc2ccccc2S1)c1ccc(C(=C2Sc3ccccc3S2)c2ccc(C=C3Sc4ccccc4S3)s2)s1. The number of benzene rings is 3. The Labute approximate surface area is 267 Å². The molecule has 0 aliphatic carbocycles. The highest BCUT2D eigenvalue weighted by molar-refractivity contribution is 8.25. The number of hydrogen-bond donors (Lipinski definition) is 0. The smallest absolute Gasteiger partial charge is 0.0600 e. The molecule has 0 nitrogen and oxygen atoms in total. The third kappa shape index (κ3) is 5.22. The van der Waals surface area contributed by atoms with Crippen molar-refractivity contribution in [2.75, 3.05) is 0 Å². The van der Waals surface area contributed by atoms with Crippen LogP contribution in [0.2, 0.25) is 0 Å². The average Bonchev–Trinajstić information content (AvgIpc) is 3.79. The molecule has 8 rings (SSSR count). The fourth-order valence-electron chi connectivity index (χ4n) is 4.46. The van der Waals surface area contributed by atoms with Gasteiger partial charge in [0.2, 0.25) is 0 Å². The normalized spacial score (nSPS) is 15.2. The Morgan fingerprint density at radius 3 is 1.12 bits per heavy atom. The first-order chi connectivity index (χ1) is 19.7. The average molecular weight is 659 g/mol. The van der Waals surface area contributed by atoms with Crippen LogP contribution in [0.3, 0.4) is 0 Å². The molecule has 2 aromatic heterocycles. The molecule has 0 atom stereocenters. The van der Waals surface area contributed by atoms with Gasteiger partial charge in [-0.05, 0) is 72.8 Å². The van der Waals surface area contributed by atoms with E-state index in [1.54, 1.807) is 0 Å². The maximum Gasteiger partial charge on any atom is 0.0600 e. The van der Waals surface area contributed by atoms with Crippen LogP contribution in [-0.4, -0.2) is 0 Å². The second-order valence-electron chi connectivity index (χ2n) is 8.95. The molecule has 3 aliphatic heterocycles. The minimum atomic E-state index is 1.30. The van der Waals surface area contributed by atoms with E-state index >= 15 is 0 Å². The first kappa shape index (κ1) is 26.0. The van der Waals surface area contributed by atoms with Crippen molar-refractivity contribution >= 4 is 111 Å². The molecule has 0 fully saturated rings. The summed E-state index contributed by atoms with van der Waals surface area (Å²) in [5.41, 5.74) is 1.36. The Hall–Kier alpha value is -1.62. The topological polar surface area (TPSA) is 0 Å². The number of hydrogen-bond acceptors (Lipinski definition) is 8. The fourth-order valence-corrected chi connectivity index (χ4v) is 14.5. The van der Waals surface area contributed by atoms with Crippen LogP contribution >= 0.6 is 93.2 Å². The Balaban J connectivity index is 1.13. The summed E-state index contributed by atoms with van der Waals surface area (Å²) in [6.07, 6.45) is 4.71. The molecule has 40 heavy (non-hydrogen) atoms. The van der Waals surface area contributed by atoms with Crippen LogP contribution in [0.15, 0.2) is 139 Å². The van der Waals surface area contributed by atoms with Gasteiger partial charge in [-0.15, -0.1) is 22.7 Å². The van der Waals surface area contributed by atoms with Gasteiger partial charge in [0.1, 0.15) is 0 Å². The minimum absolute atomic E-state index is 1.30. The Morgan fingerprint density at radius 1 is 0.400 bits per heavy atom. The van der Waals surface area contributed by atoms with Crippen molar-refractivity contribution in [3.05, 3.63) is 129 Å². The maximum absolute atomic E-state index is 2.35. The zero-order chi connectivity index (χ0) is 26.5. The van der Waals surface area contributed by atoms with Crippen LogP contribution in [-0.2, 0) is 0 Å². The summed E-state index contributed by atoms with van der Waals surface area (Å²) in [4.78, 5) is 13.4. The van der Waals surface area contributed by atoms with E-state index in [9.17, 15) is 0 Å². The van der Waals surface area contributed by atoms with Gasteiger partial charge in [-0.3, -0.25) is 0 Å². The molecule has 0 radical (unpaired) electrons. The lowest BCUT2D eigenvalue weighted by Crippen LogP contribution is -1.82. The lowest BCUT2D eigenvalue weighted by atomic mass is 10.2. The van der Waals surface area contributed by atoms with Crippen molar-refractivity contribution in [3.63, 3.8) is 0 Å². The summed E-state index contributed by atoms with van der Waals surface area (Å²) < 4.78 is 4.06. The molecule has 0 spiro atoms. The predicted molar refractivity (Wildman–Crippen MR) is 185 cm³/mol. The fraction of sp³-hybridized carbons (Fsp3) is 0. The van der Waals surface area contributed by atoms with E-state index in [0.717, 1.165) is 0 Å². The Kier molecular flexibility index (Phi) is 7.31. The summed E-state index contributed by atoms with van der Waals surface area (Å²) in [5.74, 6) is 0. The summed E-state index contributed by atoms with van der Waals surface area (Å²) in [6.45, 7) is 0. The quantitative estimate of drug-likeness (QED) is 0.187. The lowest BCUT2D eigenvalue weighted by Gasteiger charge is -2.07. The van der Waals surface area contributed by atoms with Gasteiger partial charge in [-0.1, -0.05) is 107 Å². The van der Waals surface area contributed by atoms with Crippen molar-refractivity contribution in [1.82, 2.24) is 0 Å². The minimum Gasteiger partial charge on any atom is -0.136 e. The van der Waals surface area contributed by atoms with Gasteiger partial charge >= 0.3 is 0 Å². The molecule has 0 unspecified atom stereocenters. The van der Waals surface area contributed by atoms with Gasteiger partial charge in [0.05, 0.1) is 12.7 Å². The molecule has 0 bridgehead atoms. The first-order valence-corrected chi connectivity index (χ1v) is 19.0. The van der Waals surface area contributed by atoms with E-state index in [1.165, 1.54) is 67.2 Å². The third-order valence-corrected chi connectivity index (χ3v) is 15.8. The monoisotopic (exact) mass is 658 g/mol. The van der Waals surface area contributed by atoms with Crippen molar-refractivity contribution in [1.29, 1.82) is 0 Å². The van der Waals surface area contributed by atoms with E-state index in [1.807, 2.05) is 93.2 Å². The third-order valence-electron chi connectivity index (χ3n) is 6.27. The van der Waals surface area contributed by atoms with Crippen LogP contribution in [0.25, 0.3) is 17.7 Å². The molecule has 0 amide bonds. The molecule has 5 aromatic rings. The number of thiophene rings is 2. The van der Waals surface area contributed by atoms with Crippen molar-refractivity contribution in [2.45, 2.75) is 29.4 Å². The zero-order valence-electron chi connectivity index (χ0n) is 20.7. The zero-order valence-corrected chi connectivity index (χ0v) is 27.2. The van der Waals surface area contributed by atoms with Gasteiger partial charge in [-0.25, -0.2) is 0 Å². The van der Waals surface area contributed by atoms with E-state index in [0.29, 0.717) is 0 Å². The summed E-state index contributed by atoms with van der Waals surface area (Å²) in [7, 11) is 0. The molecule has 5 heterocycles. The number of fused-ring (bicyclic) bond motifs is 3. The largest absolute Gasteiger partial charge is 0.136 e. The molecule has 0 saturated carbocycles. The highest BCUT2D eigenvalue weighted by Crippen LogP contribution is 2.57. The van der Waals surface area contributed by atoms with Crippen LogP contribution in [0.4, 0.5) is 0 Å². The van der Waals surface area contributed by atoms with E-state index < -0.39 is 0 Å². The second-order valence-corrected chi connectivity index (χ2v) is 18.4. The number of rotatable bonds is 4. The highest BCUT2D eigenvalue weighted by Gasteiger charge is 2.25. The van der Waals surface area contributed by atoms with Crippen molar-refractivity contribution in [3.8, 4) is 0 Å². The first-order valence-electron chi connectivity index (χ1n) is 12.5. The summed E-state index contributed by atoms with van der Waals surface area (Å²) in [5, 5.41) is 0. The van der Waals surface area contributed by atoms with Crippen LogP contribution < -0.4 is 0 Å². The van der Waals surface area contributed by atoms with Crippen LogP contribution in [0.1, 0.15) is 19.5 Å². The predicted octanol–water partition coefficient (Wildman–Crippen LogP) is 12.8. The summed E-state index contributed by atoms with van der Waals surface area (Å²) >= 11 is 15.1. The van der Waals surface area contributed by atoms with Crippen molar-refractivity contribution < 1.29 is 0 Å². The molecule has 8 heteroatoms. The van der Waals surface area contributed by atoms with Gasteiger partial charge in [0.15, 0.2) is 0 Å². The van der Waals surface area contributed by atoms with E-state index in [4.69, 9.17) is 0 Å². The van der Waals surface area contributed by atoms with E-state index in [-0.39, 0.29) is 0 Å². The molecule has 0 N–H and O–H groups in total. The van der Waals surface area contributed by atoms with Crippen molar-refractivity contribution in [2.24, 2.45) is 0 Å². The van der Waals surface area contributed by atoms with Crippen LogP contribution in [0.5, 0.6) is 0 Å². The van der Waals surface area contributed by atoms with Gasteiger partial charge in [0, 0.05) is 54.5 Å². The summed E-state index contributed by atoms with van der Waals surface area (Å²) in [6, 6.07) is 35.3. The number of thioether (sulfide) groups is 6. The van der Waals surface area contributed by atoms with Gasteiger partial charge < -0.3 is 0 Å². The van der Waals surface area contributed by atoms with Crippen LogP contribution in [0, 0.1) is 0 Å². The molecular weight excluding hydrogens is 641 g/mol. The maximum atomic E-state index is 2.35. The molecule has 0 saturated heterocycles. The lowest BCUT2D eigenvalue weighted by molar-refractivity contribution is 1.27. The highest BCUT2D eigenvalue weighted by atomic mass is 32.2. The van der Waals surface area contributed by atoms with Gasteiger partial charge in [-0.2, -0.15) is 0 Å². The molecule has 194 valence electrons. The molecule has 3 aliphatic rings. The van der Waals surface area contributed by atoms with E-state index in [2.05, 4.69) is 109 Å². The molecule has 3 aromatic carbocycles. The van der Waals surface area contributed by atoms with Gasteiger partial charge in [0.25, 0.3) is 0 Å². The molecular formula is C32H18S8. The Morgan fingerprint density at radius 2 is 0.750 bits per heavy atom. The Bertz CT molecular complexity index is 1680. The second kappa shape index (κ2) is 11.2.